The van der Waals surface area contributed by atoms with Crippen molar-refractivity contribution in [2.45, 2.75) is 0 Å². The predicted molar refractivity (Wildman–Crippen MR) is 75.7 cm³/mol. The van der Waals surface area contributed by atoms with Gasteiger partial charge in [0.05, 0.1) is 5.56 Å². The Morgan fingerprint density at radius 1 is 1.05 bits per heavy atom. The minimum absolute atomic E-state index is 0.0481. The van der Waals surface area contributed by atoms with E-state index >= 15 is 0 Å². The van der Waals surface area contributed by atoms with Crippen LogP contribution < -0.4 is 9.47 Å². The van der Waals surface area contributed by atoms with E-state index in [0.717, 1.165) is 5.56 Å². The fourth-order valence-corrected chi connectivity index (χ4v) is 2.00. The van der Waals surface area contributed by atoms with E-state index in [2.05, 4.69) is 0 Å². The molecule has 0 amide bonds. The zero-order valence-corrected chi connectivity index (χ0v) is 10.9. The Balaban J connectivity index is 1.82. The Hall–Kier alpha value is -2.95. The third-order valence-electron chi connectivity index (χ3n) is 3.07. The van der Waals surface area contributed by atoms with E-state index in [4.69, 9.17) is 9.47 Å². The van der Waals surface area contributed by atoms with E-state index in [1.54, 1.807) is 24.3 Å². The third-order valence-corrected chi connectivity index (χ3v) is 3.07. The number of ether oxygens (including phenoxy) is 2. The van der Waals surface area contributed by atoms with Crippen molar-refractivity contribution < 1.29 is 24.5 Å². The molecule has 2 aromatic rings. The van der Waals surface area contributed by atoms with Gasteiger partial charge in [0.2, 0.25) is 6.79 Å². The first-order valence-corrected chi connectivity index (χ1v) is 6.27. The van der Waals surface area contributed by atoms with Crippen LogP contribution >= 0.6 is 0 Å². The quantitative estimate of drug-likeness (QED) is 0.515. The molecule has 0 saturated carbocycles. The Bertz CT molecular complexity index is 733. The lowest BCUT2D eigenvalue weighted by Crippen LogP contribution is -1.94. The summed E-state index contributed by atoms with van der Waals surface area (Å²) in [5, 5.41) is 19.0. The number of allylic oxidation sites excluding steroid dienone is 1. The third kappa shape index (κ3) is 2.67. The molecule has 0 bridgehead atoms. The summed E-state index contributed by atoms with van der Waals surface area (Å²) in [7, 11) is 0. The number of benzene rings is 2. The summed E-state index contributed by atoms with van der Waals surface area (Å²) in [4.78, 5) is 12.0. The summed E-state index contributed by atoms with van der Waals surface area (Å²) in [5.74, 6) is 0.649. The molecule has 21 heavy (non-hydrogen) atoms. The molecule has 0 unspecified atom stereocenters. The van der Waals surface area contributed by atoms with Crippen LogP contribution in [0.15, 0.2) is 42.5 Å². The summed E-state index contributed by atoms with van der Waals surface area (Å²) in [6.07, 6.45) is 2.93. The maximum Gasteiger partial charge on any atom is 0.231 e. The van der Waals surface area contributed by atoms with Gasteiger partial charge in [-0.25, -0.2) is 0 Å². The molecule has 0 radical (unpaired) electrons. The van der Waals surface area contributed by atoms with Crippen molar-refractivity contribution in [2.75, 3.05) is 6.79 Å². The first kappa shape index (κ1) is 13.1. The molecule has 0 aliphatic carbocycles. The number of hydrogen-bond donors (Lipinski definition) is 2. The fraction of sp³-hybridized carbons (Fsp3) is 0.0625. The molecule has 0 spiro atoms. The second-order valence-electron chi connectivity index (χ2n) is 4.51. The zero-order chi connectivity index (χ0) is 14.8. The van der Waals surface area contributed by atoms with E-state index in [1.165, 1.54) is 24.3 Å². The van der Waals surface area contributed by atoms with Gasteiger partial charge in [-0.05, 0) is 42.0 Å². The second kappa shape index (κ2) is 5.20. The van der Waals surface area contributed by atoms with E-state index in [9.17, 15) is 15.0 Å². The van der Waals surface area contributed by atoms with Crippen molar-refractivity contribution in [3.05, 3.63) is 53.6 Å². The molecule has 1 aliphatic rings. The summed E-state index contributed by atoms with van der Waals surface area (Å²) < 4.78 is 10.5. The van der Waals surface area contributed by atoms with Crippen LogP contribution in [0.4, 0.5) is 0 Å². The molecule has 2 N–H and O–H groups in total. The van der Waals surface area contributed by atoms with Crippen LogP contribution in [0.5, 0.6) is 23.0 Å². The fourth-order valence-electron chi connectivity index (χ4n) is 2.00. The molecule has 106 valence electrons. The van der Waals surface area contributed by atoms with Crippen LogP contribution in [0.1, 0.15) is 15.9 Å². The van der Waals surface area contributed by atoms with E-state index in [0.29, 0.717) is 11.5 Å². The molecule has 0 atom stereocenters. The highest BCUT2D eigenvalue weighted by molar-refractivity contribution is 6.08. The number of ketones is 1. The molecule has 0 aromatic heterocycles. The van der Waals surface area contributed by atoms with Gasteiger partial charge in [0, 0.05) is 0 Å². The maximum atomic E-state index is 12.0. The first-order chi connectivity index (χ1) is 10.1. The van der Waals surface area contributed by atoms with E-state index < -0.39 is 5.78 Å². The van der Waals surface area contributed by atoms with Gasteiger partial charge in [0.25, 0.3) is 0 Å². The lowest BCUT2D eigenvalue weighted by molar-refractivity contribution is 0.104. The van der Waals surface area contributed by atoms with Gasteiger partial charge in [0.15, 0.2) is 17.3 Å². The Morgan fingerprint density at radius 3 is 2.71 bits per heavy atom. The average Bonchev–Trinajstić information content (AvgIpc) is 2.94. The maximum absolute atomic E-state index is 12.0. The van der Waals surface area contributed by atoms with Crippen LogP contribution in [0.3, 0.4) is 0 Å². The van der Waals surface area contributed by atoms with Crippen molar-refractivity contribution in [2.24, 2.45) is 0 Å². The summed E-state index contributed by atoms with van der Waals surface area (Å²) in [5.41, 5.74) is 0.819. The summed E-state index contributed by atoms with van der Waals surface area (Å²) in [6, 6.07) is 9.12. The summed E-state index contributed by atoms with van der Waals surface area (Å²) in [6.45, 7) is 0.193. The number of carbonyl (C=O) groups is 1. The van der Waals surface area contributed by atoms with Crippen molar-refractivity contribution in [1.82, 2.24) is 0 Å². The van der Waals surface area contributed by atoms with Gasteiger partial charge < -0.3 is 19.7 Å². The second-order valence-corrected chi connectivity index (χ2v) is 4.51. The number of fused-ring (bicyclic) bond motifs is 1. The van der Waals surface area contributed by atoms with Crippen LogP contribution in [-0.2, 0) is 0 Å². The molecule has 3 rings (SSSR count). The van der Waals surface area contributed by atoms with Gasteiger partial charge in [0.1, 0.15) is 11.5 Å². The van der Waals surface area contributed by atoms with Crippen molar-refractivity contribution in [1.29, 1.82) is 0 Å². The van der Waals surface area contributed by atoms with Gasteiger partial charge in [-0.2, -0.15) is 0 Å². The smallest absolute Gasteiger partial charge is 0.231 e. The van der Waals surface area contributed by atoms with Crippen LogP contribution in [0.25, 0.3) is 6.08 Å². The number of phenolic OH excluding ortho intramolecular Hbond substituents is 2. The first-order valence-electron chi connectivity index (χ1n) is 6.27. The molecular formula is C16H12O5. The highest BCUT2D eigenvalue weighted by Gasteiger charge is 2.13. The Morgan fingerprint density at radius 2 is 1.86 bits per heavy atom. The van der Waals surface area contributed by atoms with Crippen LogP contribution in [-0.4, -0.2) is 22.8 Å². The Labute approximate surface area is 120 Å². The minimum atomic E-state index is -0.402. The van der Waals surface area contributed by atoms with Crippen LogP contribution in [0.2, 0.25) is 0 Å². The Kier molecular flexibility index (Phi) is 3.23. The molecule has 0 fully saturated rings. The molecule has 1 aliphatic heterocycles. The SMILES string of the molecule is O=C(C=Cc1ccc2c(c1)OCO2)c1cc(O)ccc1O. The monoisotopic (exact) mass is 284 g/mol. The summed E-state index contributed by atoms with van der Waals surface area (Å²) >= 11 is 0. The normalized spacial score (nSPS) is 12.8. The minimum Gasteiger partial charge on any atom is -0.508 e. The molecule has 0 saturated heterocycles. The molecule has 2 aromatic carbocycles. The van der Waals surface area contributed by atoms with E-state index in [-0.39, 0.29) is 23.9 Å². The van der Waals surface area contributed by atoms with Crippen LogP contribution in [0, 0.1) is 0 Å². The molecule has 5 nitrogen and oxygen atoms in total. The highest BCUT2D eigenvalue weighted by Crippen LogP contribution is 2.33. The number of carbonyl (C=O) groups excluding carboxylic acids is 1. The number of phenols is 2. The average molecular weight is 284 g/mol. The standard InChI is InChI=1S/C16H12O5/c17-11-3-5-14(19)12(8-11)13(18)4-1-10-2-6-15-16(7-10)21-9-20-15/h1-8,17,19H,9H2. The van der Waals surface area contributed by atoms with Gasteiger partial charge in [-0.3, -0.25) is 4.79 Å². The molecular weight excluding hydrogens is 272 g/mol. The molecule has 1 heterocycles. The number of hydrogen-bond acceptors (Lipinski definition) is 5. The van der Waals surface area contributed by atoms with Crippen molar-refractivity contribution in [3.8, 4) is 23.0 Å². The number of rotatable bonds is 3. The highest BCUT2D eigenvalue weighted by atomic mass is 16.7. The van der Waals surface area contributed by atoms with Crippen molar-refractivity contribution in [3.63, 3.8) is 0 Å². The zero-order valence-electron chi connectivity index (χ0n) is 10.9. The number of aromatic hydroxyl groups is 2. The van der Waals surface area contributed by atoms with Crippen molar-refractivity contribution >= 4 is 11.9 Å². The van der Waals surface area contributed by atoms with Gasteiger partial charge in [-0.1, -0.05) is 12.1 Å². The lowest BCUT2D eigenvalue weighted by Gasteiger charge is -2.01. The lowest BCUT2D eigenvalue weighted by atomic mass is 10.1. The van der Waals surface area contributed by atoms with Gasteiger partial charge in [-0.15, -0.1) is 0 Å². The van der Waals surface area contributed by atoms with Gasteiger partial charge >= 0.3 is 0 Å². The largest absolute Gasteiger partial charge is 0.508 e. The predicted octanol–water partition coefficient (Wildman–Crippen LogP) is 2.72. The molecule has 5 heteroatoms. The topological polar surface area (TPSA) is 76.0 Å². The van der Waals surface area contributed by atoms with E-state index in [1.807, 2.05) is 0 Å².